The van der Waals surface area contributed by atoms with Crippen molar-refractivity contribution in [3.8, 4) is 0 Å². The molecule has 0 atom stereocenters. The van der Waals surface area contributed by atoms with Crippen LogP contribution in [0.4, 0.5) is 11.4 Å². The highest BCUT2D eigenvalue weighted by molar-refractivity contribution is 7.89. The molecule has 1 aromatic heterocycles. The van der Waals surface area contributed by atoms with Gasteiger partial charge in [0.25, 0.3) is 11.6 Å². The van der Waals surface area contributed by atoms with Crippen LogP contribution in [0.1, 0.15) is 34.7 Å². The second-order valence-corrected chi connectivity index (χ2v) is 10.0. The number of benzene rings is 1. The molecule has 3 heterocycles. The molecule has 2 aliphatic rings. The molecule has 11 heteroatoms. The fraction of sp³-hybridized carbons (Fsp3) is 0.476. The third-order valence-electron chi connectivity index (χ3n) is 6.02. The second-order valence-electron chi connectivity index (χ2n) is 8.13. The minimum atomic E-state index is -3.86. The van der Waals surface area contributed by atoms with E-state index < -0.39 is 14.9 Å². The summed E-state index contributed by atoms with van der Waals surface area (Å²) in [7, 11) is -3.86. The van der Waals surface area contributed by atoms with Gasteiger partial charge in [0, 0.05) is 51.4 Å². The molecule has 0 bridgehead atoms. The number of rotatable bonds is 5. The first-order valence-corrected chi connectivity index (χ1v) is 12.0. The highest BCUT2D eigenvalue weighted by Crippen LogP contribution is 2.33. The number of amides is 1. The van der Waals surface area contributed by atoms with Gasteiger partial charge in [-0.15, -0.1) is 0 Å². The number of anilines is 1. The molecule has 2 saturated heterocycles. The Bertz CT molecular complexity index is 1150. The number of non-ortho nitro benzene ring substituents is 1. The molecule has 172 valence electrons. The van der Waals surface area contributed by atoms with Gasteiger partial charge in [0.1, 0.15) is 16.4 Å². The summed E-state index contributed by atoms with van der Waals surface area (Å²) in [5, 5.41) is 11.3. The monoisotopic (exact) mass is 462 g/mol. The number of carbonyl (C=O) groups is 1. The van der Waals surface area contributed by atoms with E-state index in [1.165, 1.54) is 16.4 Å². The van der Waals surface area contributed by atoms with E-state index in [1.807, 2.05) is 4.90 Å². The number of hydrogen-bond acceptors (Lipinski definition) is 7. The molecule has 4 rings (SSSR count). The first kappa shape index (κ1) is 22.3. The molecule has 1 aromatic carbocycles. The normalized spacial score (nSPS) is 17.7. The maximum absolute atomic E-state index is 13.3. The summed E-state index contributed by atoms with van der Waals surface area (Å²) in [6.07, 6.45) is 1.55. The molecular formula is C21H26N4O6S. The van der Waals surface area contributed by atoms with Crippen LogP contribution < -0.4 is 4.90 Å². The van der Waals surface area contributed by atoms with Crippen molar-refractivity contribution in [1.29, 1.82) is 0 Å². The number of carbonyl (C=O) groups excluding carboxylic acids is 1. The first-order chi connectivity index (χ1) is 15.2. The van der Waals surface area contributed by atoms with Gasteiger partial charge in [-0.2, -0.15) is 4.31 Å². The zero-order valence-electron chi connectivity index (χ0n) is 18.1. The van der Waals surface area contributed by atoms with Gasteiger partial charge in [0.15, 0.2) is 0 Å². The van der Waals surface area contributed by atoms with Crippen LogP contribution in [0, 0.1) is 24.0 Å². The highest BCUT2D eigenvalue weighted by Gasteiger charge is 2.34. The Morgan fingerprint density at radius 3 is 2.25 bits per heavy atom. The molecule has 2 fully saturated rings. The lowest BCUT2D eigenvalue weighted by Gasteiger charge is -2.37. The summed E-state index contributed by atoms with van der Waals surface area (Å²) < 4.78 is 33.4. The lowest BCUT2D eigenvalue weighted by Crippen LogP contribution is -2.49. The third kappa shape index (κ3) is 4.09. The number of nitro groups is 1. The van der Waals surface area contributed by atoms with E-state index in [4.69, 9.17) is 4.42 Å². The van der Waals surface area contributed by atoms with Gasteiger partial charge in [-0.1, -0.05) is 0 Å². The van der Waals surface area contributed by atoms with Crippen LogP contribution in [0.25, 0.3) is 0 Å². The van der Waals surface area contributed by atoms with E-state index in [1.54, 1.807) is 24.8 Å². The average Bonchev–Trinajstić information content (AvgIpc) is 3.43. The summed E-state index contributed by atoms with van der Waals surface area (Å²) in [5.74, 6) is 1.13. The van der Waals surface area contributed by atoms with Gasteiger partial charge >= 0.3 is 0 Å². The molecule has 0 spiro atoms. The van der Waals surface area contributed by atoms with Crippen molar-refractivity contribution < 1.29 is 22.6 Å². The molecule has 32 heavy (non-hydrogen) atoms. The lowest BCUT2D eigenvalue weighted by molar-refractivity contribution is -0.385. The van der Waals surface area contributed by atoms with E-state index in [-0.39, 0.29) is 16.5 Å². The molecule has 0 radical (unpaired) electrons. The Kier molecular flexibility index (Phi) is 5.95. The van der Waals surface area contributed by atoms with Gasteiger partial charge < -0.3 is 14.2 Å². The smallest absolute Gasteiger partial charge is 0.270 e. The predicted molar refractivity (Wildman–Crippen MR) is 117 cm³/mol. The summed E-state index contributed by atoms with van der Waals surface area (Å²) >= 11 is 0. The highest BCUT2D eigenvalue weighted by atomic mass is 32.2. The Labute approximate surface area is 186 Å². The number of furan rings is 1. The number of nitro benzene ring substituents is 1. The van der Waals surface area contributed by atoms with Gasteiger partial charge in [-0.25, -0.2) is 8.42 Å². The van der Waals surface area contributed by atoms with Gasteiger partial charge in [0.05, 0.1) is 16.2 Å². The van der Waals surface area contributed by atoms with Crippen molar-refractivity contribution in [2.45, 2.75) is 31.6 Å². The van der Waals surface area contributed by atoms with Crippen LogP contribution in [-0.2, 0) is 10.0 Å². The molecule has 0 saturated carbocycles. The van der Waals surface area contributed by atoms with Crippen LogP contribution in [0.3, 0.4) is 0 Å². The van der Waals surface area contributed by atoms with E-state index >= 15 is 0 Å². The van der Waals surface area contributed by atoms with Crippen LogP contribution in [0.5, 0.6) is 0 Å². The largest absolute Gasteiger partial charge is 0.466 e. The molecule has 0 unspecified atom stereocenters. The Hall–Kier alpha value is -2.92. The fourth-order valence-corrected chi connectivity index (χ4v) is 6.06. The summed E-state index contributed by atoms with van der Waals surface area (Å²) in [4.78, 5) is 27.1. The Morgan fingerprint density at radius 1 is 1.03 bits per heavy atom. The maximum atomic E-state index is 13.3. The van der Waals surface area contributed by atoms with Gasteiger partial charge in [-0.05, 0) is 38.8 Å². The van der Waals surface area contributed by atoms with Crippen molar-refractivity contribution in [1.82, 2.24) is 9.21 Å². The quantitative estimate of drug-likeness (QED) is 0.495. The van der Waals surface area contributed by atoms with Crippen LogP contribution in [-0.4, -0.2) is 67.7 Å². The predicted octanol–water partition coefficient (Wildman–Crippen LogP) is 2.55. The van der Waals surface area contributed by atoms with Crippen LogP contribution >= 0.6 is 0 Å². The van der Waals surface area contributed by atoms with Crippen molar-refractivity contribution >= 4 is 27.3 Å². The van der Waals surface area contributed by atoms with Crippen LogP contribution in [0.15, 0.2) is 33.6 Å². The number of piperazine rings is 1. The maximum Gasteiger partial charge on any atom is 0.270 e. The van der Waals surface area contributed by atoms with Gasteiger partial charge in [0.2, 0.25) is 10.0 Å². The topological polar surface area (TPSA) is 117 Å². The lowest BCUT2D eigenvalue weighted by atomic mass is 10.2. The standard InChI is InChI=1S/C21H26N4O6S/c1-15-13-18(16(2)31-15)21(26)23-11-9-22(10-12-23)19-6-5-17(25(27)28)14-20(19)32(29,30)24-7-3-4-8-24/h5-6,13-14H,3-4,7-12H2,1-2H3. The number of aryl methyl sites for hydroxylation is 2. The van der Waals surface area contributed by atoms with E-state index in [2.05, 4.69) is 0 Å². The van der Waals surface area contributed by atoms with E-state index in [0.29, 0.717) is 62.0 Å². The average molecular weight is 463 g/mol. The molecule has 10 nitrogen and oxygen atoms in total. The minimum absolute atomic E-state index is 0.0466. The second kappa shape index (κ2) is 8.55. The van der Waals surface area contributed by atoms with E-state index in [9.17, 15) is 23.3 Å². The first-order valence-electron chi connectivity index (χ1n) is 10.6. The number of nitrogens with zero attached hydrogens (tertiary/aromatic N) is 4. The molecule has 1 amide bonds. The number of sulfonamides is 1. The SMILES string of the molecule is Cc1cc(C(=O)N2CCN(c3ccc([N+](=O)[O-])cc3S(=O)(=O)N3CCCC3)CC2)c(C)o1. The van der Waals surface area contributed by atoms with E-state index in [0.717, 1.165) is 18.9 Å². The Morgan fingerprint density at radius 2 is 1.69 bits per heavy atom. The summed E-state index contributed by atoms with van der Waals surface area (Å²) in [6.45, 7) is 6.02. The molecule has 0 N–H and O–H groups in total. The Balaban J connectivity index is 1.58. The van der Waals surface area contributed by atoms with Crippen molar-refractivity contribution in [2.75, 3.05) is 44.2 Å². The molecule has 2 aromatic rings. The fourth-order valence-electron chi connectivity index (χ4n) is 4.32. The number of hydrogen-bond donors (Lipinski definition) is 0. The van der Waals surface area contributed by atoms with Gasteiger partial charge in [-0.3, -0.25) is 14.9 Å². The van der Waals surface area contributed by atoms with Crippen molar-refractivity contribution in [3.63, 3.8) is 0 Å². The van der Waals surface area contributed by atoms with Crippen molar-refractivity contribution in [2.24, 2.45) is 0 Å². The molecular weight excluding hydrogens is 436 g/mol. The molecule has 2 aliphatic heterocycles. The van der Waals surface area contributed by atoms with Crippen molar-refractivity contribution in [3.05, 3.63) is 51.5 Å². The third-order valence-corrected chi connectivity index (χ3v) is 7.94. The minimum Gasteiger partial charge on any atom is -0.466 e. The summed E-state index contributed by atoms with van der Waals surface area (Å²) in [5.41, 5.74) is 0.708. The zero-order valence-corrected chi connectivity index (χ0v) is 18.9. The summed E-state index contributed by atoms with van der Waals surface area (Å²) in [6, 6.07) is 5.70. The molecule has 0 aliphatic carbocycles. The zero-order chi connectivity index (χ0) is 23.0. The van der Waals surface area contributed by atoms with Crippen LogP contribution in [0.2, 0.25) is 0 Å².